The first-order chi connectivity index (χ1) is 15.0. The van der Waals surface area contributed by atoms with Gasteiger partial charge in [0, 0.05) is 34.2 Å². The molecule has 158 valence electrons. The Morgan fingerprint density at radius 3 is 2.55 bits per heavy atom. The molecule has 3 N–H and O–H groups in total. The lowest BCUT2D eigenvalue weighted by atomic mass is 9.97. The Morgan fingerprint density at radius 1 is 1.00 bits per heavy atom. The van der Waals surface area contributed by atoms with Gasteiger partial charge in [-0.2, -0.15) is 0 Å². The molecule has 31 heavy (non-hydrogen) atoms. The predicted octanol–water partition coefficient (Wildman–Crippen LogP) is 5.04. The number of rotatable bonds is 7. The van der Waals surface area contributed by atoms with E-state index in [0.717, 1.165) is 0 Å². The van der Waals surface area contributed by atoms with Crippen LogP contribution in [-0.4, -0.2) is 11.1 Å². The monoisotopic (exact) mass is 423 g/mol. The number of carbonyl (C=O) groups is 1. The summed E-state index contributed by atoms with van der Waals surface area (Å²) in [5, 5.41) is 9.67. The number of benzene rings is 3. The van der Waals surface area contributed by atoms with E-state index in [-0.39, 0.29) is 47.4 Å². The summed E-state index contributed by atoms with van der Waals surface area (Å²) in [6, 6.07) is 14.5. The Labute approximate surface area is 176 Å². The fraction of sp³-hybridized carbons (Fsp3) is 0.125. The van der Waals surface area contributed by atoms with Gasteiger partial charge < -0.3 is 20.0 Å². The van der Waals surface area contributed by atoms with Crippen molar-refractivity contribution in [2.24, 2.45) is 5.73 Å². The summed E-state index contributed by atoms with van der Waals surface area (Å²) in [7, 11) is 0. The maximum Gasteiger partial charge on any atom is 0.307 e. The van der Waals surface area contributed by atoms with Gasteiger partial charge in [-0.3, -0.25) is 4.79 Å². The second kappa shape index (κ2) is 8.57. The molecule has 0 saturated carbocycles. The van der Waals surface area contributed by atoms with Crippen LogP contribution >= 0.6 is 0 Å². The molecule has 0 aliphatic carbocycles. The van der Waals surface area contributed by atoms with Gasteiger partial charge in [0.05, 0.1) is 18.2 Å². The summed E-state index contributed by atoms with van der Waals surface area (Å²) in [5.41, 5.74) is 6.79. The number of carboxylic acids is 1. The molecule has 0 fully saturated rings. The van der Waals surface area contributed by atoms with Crippen LogP contribution < -0.4 is 10.5 Å². The lowest BCUT2D eigenvalue weighted by Crippen LogP contribution is -2.06. The first-order valence-corrected chi connectivity index (χ1v) is 9.58. The summed E-state index contributed by atoms with van der Waals surface area (Å²) in [4.78, 5) is 11.1. The molecular formula is C24H19F2NO4. The molecule has 3 aromatic carbocycles. The van der Waals surface area contributed by atoms with Crippen molar-refractivity contribution in [3.63, 3.8) is 0 Å². The van der Waals surface area contributed by atoms with Crippen LogP contribution in [0.1, 0.15) is 16.7 Å². The summed E-state index contributed by atoms with van der Waals surface area (Å²) < 4.78 is 41.7. The van der Waals surface area contributed by atoms with Crippen LogP contribution in [0.25, 0.3) is 22.1 Å². The number of aliphatic carboxylic acids is 1. The molecule has 0 atom stereocenters. The molecule has 0 spiro atoms. The maximum absolute atomic E-state index is 15.6. The summed E-state index contributed by atoms with van der Waals surface area (Å²) in [6.07, 6.45) is 1.19. The van der Waals surface area contributed by atoms with Gasteiger partial charge in [0.2, 0.25) is 0 Å². The maximum atomic E-state index is 15.6. The van der Waals surface area contributed by atoms with Crippen LogP contribution in [0.5, 0.6) is 5.75 Å². The molecule has 4 aromatic rings. The van der Waals surface area contributed by atoms with E-state index in [1.165, 1.54) is 12.3 Å². The third-order valence-electron chi connectivity index (χ3n) is 5.02. The number of para-hydroxylation sites is 1. The zero-order valence-corrected chi connectivity index (χ0v) is 16.4. The molecule has 4 rings (SSSR count). The Hall–Kier alpha value is -3.71. The van der Waals surface area contributed by atoms with Gasteiger partial charge in [-0.25, -0.2) is 8.78 Å². The highest BCUT2D eigenvalue weighted by Gasteiger charge is 2.22. The number of hydrogen-bond donors (Lipinski definition) is 2. The van der Waals surface area contributed by atoms with Crippen LogP contribution in [0.3, 0.4) is 0 Å². The standard InChI is InChI=1S/C24H19F2NO4/c25-22-16(12-27)5-3-6-18(22)21-23(26)17(10-15-8-9-30-24(15)21)13-31-19-7-2-1-4-14(19)11-20(28)29/h1-10H,11-13,27H2,(H,28,29). The Bertz CT molecular complexity index is 1270. The zero-order valence-electron chi connectivity index (χ0n) is 16.4. The van der Waals surface area contributed by atoms with Crippen molar-refractivity contribution >= 4 is 16.9 Å². The third kappa shape index (κ3) is 4.00. The van der Waals surface area contributed by atoms with Crippen LogP contribution in [0.4, 0.5) is 8.78 Å². The molecule has 1 heterocycles. The van der Waals surface area contributed by atoms with Gasteiger partial charge in [0.15, 0.2) is 0 Å². The van der Waals surface area contributed by atoms with Crippen molar-refractivity contribution in [2.45, 2.75) is 19.6 Å². The highest BCUT2D eigenvalue weighted by molar-refractivity contribution is 5.94. The first-order valence-electron chi connectivity index (χ1n) is 9.58. The van der Waals surface area contributed by atoms with Gasteiger partial charge in [-0.05, 0) is 18.2 Å². The minimum absolute atomic E-state index is 0.00674. The minimum atomic E-state index is -1.00. The molecule has 0 bridgehead atoms. The molecule has 5 nitrogen and oxygen atoms in total. The van der Waals surface area contributed by atoms with Crippen molar-refractivity contribution in [3.8, 4) is 16.9 Å². The van der Waals surface area contributed by atoms with Crippen LogP contribution in [-0.2, 0) is 24.4 Å². The van der Waals surface area contributed by atoms with Gasteiger partial charge in [0.1, 0.15) is 29.6 Å². The van der Waals surface area contributed by atoms with Crippen molar-refractivity contribution in [1.29, 1.82) is 0 Å². The number of hydrogen-bond acceptors (Lipinski definition) is 4. The largest absolute Gasteiger partial charge is 0.488 e. The molecular weight excluding hydrogens is 404 g/mol. The summed E-state index contributed by atoms with van der Waals surface area (Å²) in [5.74, 6) is -1.94. The smallest absolute Gasteiger partial charge is 0.307 e. The highest BCUT2D eigenvalue weighted by Crippen LogP contribution is 2.37. The normalized spacial score (nSPS) is 11.1. The molecule has 0 radical (unpaired) electrons. The van der Waals surface area contributed by atoms with Crippen LogP contribution in [0.2, 0.25) is 0 Å². The quantitative estimate of drug-likeness (QED) is 0.435. The Kier molecular flexibility index (Phi) is 5.68. The van der Waals surface area contributed by atoms with E-state index in [4.69, 9.17) is 20.0 Å². The minimum Gasteiger partial charge on any atom is -0.488 e. The van der Waals surface area contributed by atoms with E-state index >= 15 is 4.39 Å². The molecule has 0 unspecified atom stereocenters. The van der Waals surface area contributed by atoms with E-state index < -0.39 is 17.6 Å². The SMILES string of the molecule is NCc1cccc(-c2c(F)c(COc3ccccc3CC(=O)O)cc3ccoc23)c1F. The second-order valence-electron chi connectivity index (χ2n) is 7.01. The number of halogens is 2. The van der Waals surface area contributed by atoms with E-state index in [2.05, 4.69) is 0 Å². The van der Waals surface area contributed by atoms with Crippen molar-refractivity contribution in [1.82, 2.24) is 0 Å². The summed E-state index contributed by atoms with van der Waals surface area (Å²) in [6.45, 7) is -0.194. The van der Waals surface area contributed by atoms with E-state index in [9.17, 15) is 9.18 Å². The Morgan fingerprint density at radius 2 is 1.77 bits per heavy atom. The summed E-state index contributed by atoms with van der Waals surface area (Å²) >= 11 is 0. The third-order valence-corrected chi connectivity index (χ3v) is 5.02. The van der Waals surface area contributed by atoms with Crippen LogP contribution in [0.15, 0.2) is 65.3 Å². The van der Waals surface area contributed by atoms with Gasteiger partial charge in [-0.15, -0.1) is 0 Å². The zero-order chi connectivity index (χ0) is 22.0. The molecule has 7 heteroatoms. The fourth-order valence-corrected chi connectivity index (χ4v) is 3.53. The topological polar surface area (TPSA) is 85.7 Å². The average Bonchev–Trinajstić information content (AvgIpc) is 3.21. The molecule has 0 amide bonds. The number of carboxylic acid groups (broad SMARTS) is 1. The number of furan rings is 1. The lowest BCUT2D eigenvalue weighted by Gasteiger charge is -2.14. The number of ether oxygens (including phenoxy) is 1. The van der Waals surface area contributed by atoms with Gasteiger partial charge in [-0.1, -0.05) is 36.4 Å². The van der Waals surface area contributed by atoms with E-state index in [1.807, 2.05) is 0 Å². The van der Waals surface area contributed by atoms with Crippen molar-refractivity contribution in [2.75, 3.05) is 0 Å². The molecule has 0 saturated heterocycles. The number of nitrogens with two attached hydrogens (primary N) is 1. The first kappa shape index (κ1) is 20.6. The van der Waals surface area contributed by atoms with Crippen molar-refractivity contribution in [3.05, 3.63) is 89.2 Å². The van der Waals surface area contributed by atoms with Gasteiger partial charge in [0.25, 0.3) is 0 Å². The van der Waals surface area contributed by atoms with E-state index in [1.54, 1.807) is 48.5 Å². The van der Waals surface area contributed by atoms with E-state index in [0.29, 0.717) is 16.7 Å². The molecule has 1 aromatic heterocycles. The average molecular weight is 423 g/mol. The van der Waals surface area contributed by atoms with Crippen LogP contribution in [0, 0.1) is 11.6 Å². The molecule has 0 aliphatic rings. The number of fused-ring (bicyclic) bond motifs is 1. The lowest BCUT2D eigenvalue weighted by molar-refractivity contribution is -0.136. The molecule has 0 aliphatic heterocycles. The Balaban J connectivity index is 1.76. The van der Waals surface area contributed by atoms with Crippen molar-refractivity contribution < 1.29 is 27.8 Å². The fourth-order valence-electron chi connectivity index (χ4n) is 3.53. The highest BCUT2D eigenvalue weighted by atomic mass is 19.1. The second-order valence-corrected chi connectivity index (χ2v) is 7.01. The predicted molar refractivity (Wildman–Crippen MR) is 112 cm³/mol. The van der Waals surface area contributed by atoms with Gasteiger partial charge >= 0.3 is 5.97 Å².